The zero-order chi connectivity index (χ0) is 10.3. The highest BCUT2D eigenvalue weighted by Gasteiger charge is 1.92. The fraction of sp³-hybridized carbons (Fsp3) is 0.231. The molecule has 0 saturated heterocycles. The Labute approximate surface area is 81.7 Å². The Bertz CT molecular complexity index is 272. The molecule has 70 valence electrons. The van der Waals surface area contributed by atoms with Crippen molar-refractivity contribution in [3.05, 3.63) is 60.3 Å². The molecule has 0 radical (unpaired) electrons. The molecule has 0 fully saturated rings. The summed E-state index contributed by atoms with van der Waals surface area (Å²) in [6.07, 6.45) is 9.90. The minimum absolute atomic E-state index is 1.07. The quantitative estimate of drug-likeness (QED) is 0.560. The van der Waals surface area contributed by atoms with Crippen LogP contribution in [0.4, 0.5) is 0 Å². The zero-order valence-corrected chi connectivity index (χ0v) is 8.80. The summed E-state index contributed by atoms with van der Waals surface area (Å²) >= 11 is 0. The molecular weight excluding hydrogens is 156 g/mol. The molecule has 0 atom stereocenters. The molecule has 0 unspecified atom stereocenters. The van der Waals surface area contributed by atoms with Gasteiger partial charge < -0.3 is 0 Å². The van der Waals surface area contributed by atoms with Crippen LogP contribution < -0.4 is 0 Å². The molecule has 0 amide bonds. The van der Waals surface area contributed by atoms with E-state index in [1.165, 1.54) is 11.1 Å². The van der Waals surface area contributed by atoms with Gasteiger partial charge in [0.2, 0.25) is 0 Å². The second-order valence-electron chi connectivity index (χ2n) is 3.01. The normalized spacial score (nSPS) is 13.5. The van der Waals surface area contributed by atoms with Gasteiger partial charge in [-0.2, -0.15) is 0 Å². The average Bonchev–Trinajstić information content (AvgIpc) is 2.04. The molecule has 0 aliphatic heterocycles. The maximum Gasteiger partial charge on any atom is -0.0270 e. The molecule has 0 aliphatic carbocycles. The topological polar surface area (TPSA) is 0 Å². The fourth-order valence-electron chi connectivity index (χ4n) is 1.08. The van der Waals surface area contributed by atoms with Crippen LogP contribution in [0.3, 0.4) is 0 Å². The Morgan fingerprint density at radius 2 is 1.85 bits per heavy atom. The van der Waals surface area contributed by atoms with E-state index in [0.717, 1.165) is 5.57 Å². The van der Waals surface area contributed by atoms with Crippen molar-refractivity contribution in [2.75, 3.05) is 0 Å². The van der Waals surface area contributed by atoms with Gasteiger partial charge in [-0.15, -0.1) is 0 Å². The van der Waals surface area contributed by atoms with Crippen LogP contribution in [0.15, 0.2) is 60.3 Å². The van der Waals surface area contributed by atoms with E-state index in [1.807, 2.05) is 26.0 Å². The van der Waals surface area contributed by atoms with Crippen LogP contribution in [0.25, 0.3) is 0 Å². The van der Waals surface area contributed by atoms with Crippen molar-refractivity contribution in [3.8, 4) is 0 Å². The van der Waals surface area contributed by atoms with E-state index in [0.29, 0.717) is 0 Å². The zero-order valence-electron chi connectivity index (χ0n) is 8.80. The van der Waals surface area contributed by atoms with E-state index in [9.17, 15) is 0 Å². The molecule has 0 bridgehead atoms. The Balaban J connectivity index is 4.70. The van der Waals surface area contributed by atoms with Crippen LogP contribution in [0.1, 0.15) is 20.8 Å². The van der Waals surface area contributed by atoms with Crippen LogP contribution >= 0.6 is 0 Å². The average molecular weight is 174 g/mol. The van der Waals surface area contributed by atoms with E-state index in [4.69, 9.17) is 0 Å². The van der Waals surface area contributed by atoms with E-state index in [1.54, 1.807) is 6.08 Å². The first kappa shape index (κ1) is 11.7. The highest BCUT2D eigenvalue weighted by atomic mass is 14.0. The first-order valence-electron chi connectivity index (χ1n) is 4.41. The van der Waals surface area contributed by atoms with Crippen LogP contribution in [0.5, 0.6) is 0 Å². The SMILES string of the molecule is C=C/C=C\C(=CC)/C(C)=C\C(=C)C. The number of rotatable bonds is 4. The minimum atomic E-state index is 1.07. The van der Waals surface area contributed by atoms with Gasteiger partial charge in [-0.1, -0.05) is 49.1 Å². The fourth-order valence-corrected chi connectivity index (χ4v) is 1.08. The first-order valence-corrected chi connectivity index (χ1v) is 4.41. The largest absolute Gasteiger partial charge is 0.0991 e. The third-order valence-electron chi connectivity index (χ3n) is 1.64. The van der Waals surface area contributed by atoms with Gasteiger partial charge in [-0.05, 0) is 31.9 Å². The standard InChI is InChI=1S/C13H18/c1-6-8-9-13(7-2)12(5)10-11(3)4/h6-10H,1,3H2,2,4-5H3/b9-8-,12-10-,13-7?. The molecule has 0 saturated carbocycles. The lowest BCUT2D eigenvalue weighted by Gasteiger charge is -2.01. The lowest BCUT2D eigenvalue weighted by molar-refractivity contribution is 1.37. The molecule has 0 heterocycles. The van der Waals surface area contributed by atoms with Gasteiger partial charge in [0, 0.05) is 0 Å². The van der Waals surface area contributed by atoms with E-state index in [2.05, 4.69) is 32.2 Å². The second kappa shape index (κ2) is 6.24. The summed E-state index contributed by atoms with van der Waals surface area (Å²) in [7, 11) is 0. The number of hydrogen-bond donors (Lipinski definition) is 0. The van der Waals surface area contributed by atoms with Crippen molar-refractivity contribution >= 4 is 0 Å². The Kier molecular flexibility index (Phi) is 5.62. The molecule has 0 aliphatic rings. The molecule has 0 aromatic carbocycles. The smallest absolute Gasteiger partial charge is 0.0270 e. The predicted molar refractivity (Wildman–Crippen MR) is 61.7 cm³/mol. The van der Waals surface area contributed by atoms with Crippen LogP contribution in [-0.2, 0) is 0 Å². The highest BCUT2D eigenvalue weighted by molar-refractivity contribution is 5.41. The molecular formula is C13H18. The van der Waals surface area contributed by atoms with Crippen molar-refractivity contribution in [2.45, 2.75) is 20.8 Å². The highest BCUT2D eigenvalue weighted by Crippen LogP contribution is 2.12. The van der Waals surface area contributed by atoms with Crippen molar-refractivity contribution in [1.29, 1.82) is 0 Å². The molecule has 0 spiro atoms. The molecule has 13 heavy (non-hydrogen) atoms. The minimum Gasteiger partial charge on any atom is -0.0991 e. The summed E-state index contributed by atoms with van der Waals surface area (Å²) in [5.74, 6) is 0. The summed E-state index contributed by atoms with van der Waals surface area (Å²) in [6.45, 7) is 13.6. The molecule has 0 heteroatoms. The number of hydrogen-bond acceptors (Lipinski definition) is 0. The molecule has 0 aromatic rings. The third-order valence-corrected chi connectivity index (χ3v) is 1.64. The monoisotopic (exact) mass is 174 g/mol. The summed E-state index contributed by atoms with van der Waals surface area (Å²) in [5.41, 5.74) is 3.51. The van der Waals surface area contributed by atoms with Crippen molar-refractivity contribution < 1.29 is 0 Å². The lowest BCUT2D eigenvalue weighted by Crippen LogP contribution is -1.81. The molecule has 0 N–H and O–H groups in total. The lowest BCUT2D eigenvalue weighted by atomic mass is 10.1. The van der Waals surface area contributed by atoms with Gasteiger partial charge in [0.25, 0.3) is 0 Å². The van der Waals surface area contributed by atoms with Crippen molar-refractivity contribution in [3.63, 3.8) is 0 Å². The van der Waals surface area contributed by atoms with Gasteiger partial charge in [-0.3, -0.25) is 0 Å². The summed E-state index contributed by atoms with van der Waals surface area (Å²) in [5, 5.41) is 0. The van der Waals surface area contributed by atoms with Gasteiger partial charge in [0.1, 0.15) is 0 Å². The Hall–Kier alpha value is -1.30. The molecule has 0 nitrogen and oxygen atoms in total. The predicted octanol–water partition coefficient (Wildman–Crippen LogP) is 4.20. The number of allylic oxidation sites excluding steroid dienone is 8. The van der Waals surface area contributed by atoms with Crippen molar-refractivity contribution in [1.82, 2.24) is 0 Å². The Morgan fingerprint density at radius 1 is 1.23 bits per heavy atom. The maximum absolute atomic E-state index is 3.84. The second-order valence-corrected chi connectivity index (χ2v) is 3.01. The summed E-state index contributed by atoms with van der Waals surface area (Å²) in [4.78, 5) is 0. The van der Waals surface area contributed by atoms with Gasteiger partial charge in [0.05, 0.1) is 0 Å². The third kappa shape index (κ3) is 5.02. The van der Waals surface area contributed by atoms with Crippen LogP contribution in [-0.4, -0.2) is 0 Å². The van der Waals surface area contributed by atoms with E-state index in [-0.39, 0.29) is 0 Å². The molecule has 0 aromatic heterocycles. The van der Waals surface area contributed by atoms with Gasteiger partial charge in [0.15, 0.2) is 0 Å². The van der Waals surface area contributed by atoms with Crippen molar-refractivity contribution in [2.24, 2.45) is 0 Å². The molecule has 0 rings (SSSR count). The first-order chi connectivity index (χ1) is 6.11. The van der Waals surface area contributed by atoms with E-state index < -0.39 is 0 Å². The van der Waals surface area contributed by atoms with Crippen LogP contribution in [0.2, 0.25) is 0 Å². The van der Waals surface area contributed by atoms with Gasteiger partial charge >= 0.3 is 0 Å². The maximum atomic E-state index is 3.84. The Morgan fingerprint density at radius 3 is 2.23 bits per heavy atom. The van der Waals surface area contributed by atoms with Crippen LogP contribution in [0, 0.1) is 0 Å². The van der Waals surface area contributed by atoms with E-state index >= 15 is 0 Å². The summed E-state index contributed by atoms with van der Waals surface area (Å²) < 4.78 is 0. The summed E-state index contributed by atoms with van der Waals surface area (Å²) in [6, 6.07) is 0. The van der Waals surface area contributed by atoms with Gasteiger partial charge in [-0.25, -0.2) is 0 Å².